The van der Waals surface area contributed by atoms with Crippen molar-refractivity contribution in [3.8, 4) is 0 Å². The van der Waals surface area contributed by atoms with Crippen LogP contribution in [-0.2, 0) is 14.2 Å². The smallest absolute Gasteiger partial charge is 0.186 e. The third-order valence-electron chi connectivity index (χ3n) is 13.6. The highest BCUT2D eigenvalue weighted by atomic mass is 16.7. The van der Waals surface area contributed by atoms with Gasteiger partial charge in [0.05, 0.1) is 36.6 Å². The Kier molecular flexibility index (Phi) is 10.2. The second-order valence-corrected chi connectivity index (χ2v) is 16.2. The number of hydrogen-bond acceptors (Lipinski definition) is 10. The fraction of sp³-hybridized carbons (Fsp3) is 1.00. The van der Waals surface area contributed by atoms with Crippen LogP contribution in [0.1, 0.15) is 86.0 Å². The van der Waals surface area contributed by atoms with Crippen molar-refractivity contribution in [2.75, 3.05) is 20.3 Å². The highest BCUT2D eigenvalue weighted by Crippen LogP contribution is 2.70. The van der Waals surface area contributed by atoms with Crippen molar-refractivity contribution in [2.45, 2.75) is 141 Å². The molecule has 0 spiro atoms. The average molecular weight is 629 g/mol. The number of hydrogen-bond donors (Lipinski definition) is 7. The molecule has 44 heavy (non-hydrogen) atoms. The number of methoxy groups -OCH3 is 1. The van der Waals surface area contributed by atoms with Gasteiger partial charge < -0.3 is 50.0 Å². The molecule has 0 amide bonds. The van der Waals surface area contributed by atoms with Crippen molar-refractivity contribution in [1.29, 1.82) is 0 Å². The van der Waals surface area contributed by atoms with Crippen molar-refractivity contribution in [2.24, 2.45) is 52.3 Å². The Labute approximate surface area is 263 Å². The van der Waals surface area contributed by atoms with E-state index in [2.05, 4.69) is 34.6 Å². The van der Waals surface area contributed by atoms with Gasteiger partial charge in [0.15, 0.2) is 6.29 Å². The lowest BCUT2D eigenvalue weighted by atomic mass is 9.41. The molecule has 1 aliphatic heterocycles. The van der Waals surface area contributed by atoms with Gasteiger partial charge in [-0.05, 0) is 91.3 Å². The third-order valence-corrected chi connectivity index (χ3v) is 13.6. The summed E-state index contributed by atoms with van der Waals surface area (Å²) in [6, 6.07) is 0. The van der Waals surface area contributed by atoms with Crippen molar-refractivity contribution in [1.82, 2.24) is 0 Å². The van der Waals surface area contributed by atoms with E-state index >= 15 is 0 Å². The molecule has 4 aliphatic carbocycles. The molecular weight excluding hydrogens is 568 g/mol. The van der Waals surface area contributed by atoms with E-state index in [4.69, 9.17) is 14.2 Å². The minimum absolute atomic E-state index is 0.0506. The van der Waals surface area contributed by atoms with Crippen LogP contribution in [0.5, 0.6) is 0 Å². The summed E-state index contributed by atoms with van der Waals surface area (Å²) in [6.07, 6.45) is -1.62. The molecule has 4 saturated carbocycles. The number of fused-ring (bicyclic) bond motifs is 5. The summed E-state index contributed by atoms with van der Waals surface area (Å²) >= 11 is 0. The van der Waals surface area contributed by atoms with Crippen molar-refractivity contribution < 1.29 is 50.0 Å². The predicted molar refractivity (Wildman–Crippen MR) is 162 cm³/mol. The Morgan fingerprint density at radius 2 is 1.57 bits per heavy atom. The molecule has 0 aromatic carbocycles. The molecule has 0 aromatic heterocycles. The minimum atomic E-state index is -1.32. The number of rotatable bonds is 9. The largest absolute Gasteiger partial charge is 0.396 e. The van der Waals surface area contributed by atoms with Crippen LogP contribution in [0, 0.1) is 52.3 Å². The summed E-state index contributed by atoms with van der Waals surface area (Å²) in [5.74, 6) is -0.375. The predicted octanol–water partition coefficient (Wildman–Crippen LogP) is 1.83. The van der Waals surface area contributed by atoms with Gasteiger partial charge in [-0.15, -0.1) is 0 Å². The van der Waals surface area contributed by atoms with E-state index in [0.29, 0.717) is 25.2 Å². The number of aliphatic hydroxyl groups excluding tert-OH is 6. The minimum Gasteiger partial charge on any atom is -0.396 e. The molecule has 0 aromatic rings. The summed E-state index contributed by atoms with van der Waals surface area (Å²) in [4.78, 5) is 0. The van der Waals surface area contributed by atoms with Gasteiger partial charge >= 0.3 is 0 Å². The molecule has 10 heteroatoms. The molecule has 5 rings (SSSR count). The first kappa shape index (κ1) is 34.9. The molecule has 1 heterocycles. The molecular formula is C34H60O10. The summed E-state index contributed by atoms with van der Waals surface area (Å²) in [7, 11) is 1.45. The van der Waals surface area contributed by atoms with Gasteiger partial charge in [0.1, 0.15) is 18.3 Å². The normalized spacial score (nSPS) is 52.2. The van der Waals surface area contributed by atoms with E-state index in [9.17, 15) is 35.7 Å². The zero-order valence-electron chi connectivity index (χ0n) is 27.6. The summed E-state index contributed by atoms with van der Waals surface area (Å²) in [6.45, 7) is 10.8. The second kappa shape index (κ2) is 12.9. The molecule has 0 bridgehead atoms. The second-order valence-electron chi connectivity index (χ2n) is 16.2. The molecule has 7 N–H and O–H groups in total. The molecule has 1 saturated heterocycles. The van der Waals surface area contributed by atoms with Gasteiger partial charge in [0.2, 0.25) is 0 Å². The van der Waals surface area contributed by atoms with E-state index in [1.54, 1.807) is 0 Å². The molecule has 256 valence electrons. The molecule has 10 nitrogen and oxygen atoms in total. The van der Waals surface area contributed by atoms with E-state index in [1.807, 2.05) is 0 Å². The first-order valence-electron chi connectivity index (χ1n) is 17.2. The van der Waals surface area contributed by atoms with Gasteiger partial charge in [-0.1, -0.05) is 34.6 Å². The lowest BCUT2D eigenvalue weighted by molar-refractivity contribution is -0.303. The van der Waals surface area contributed by atoms with Gasteiger partial charge in [-0.25, -0.2) is 0 Å². The van der Waals surface area contributed by atoms with Crippen LogP contribution in [0.2, 0.25) is 0 Å². The topological polar surface area (TPSA) is 169 Å². The Balaban J connectivity index is 1.33. The Morgan fingerprint density at radius 3 is 2.20 bits per heavy atom. The quantitative estimate of drug-likeness (QED) is 0.187. The summed E-state index contributed by atoms with van der Waals surface area (Å²) in [5.41, 5.74) is -2.20. The Hall–Kier alpha value is -0.400. The number of aliphatic hydroxyl groups is 7. The zero-order chi connectivity index (χ0) is 32.4. The van der Waals surface area contributed by atoms with Gasteiger partial charge in [-0.2, -0.15) is 0 Å². The van der Waals surface area contributed by atoms with E-state index in [1.165, 1.54) is 7.11 Å². The average Bonchev–Trinajstić information content (AvgIpc) is 3.16. The van der Waals surface area contributed by atoms with Crippen molar-refractivity contribution in [3.05, 3.63) is 0 Å². The standard InChI is InChI=1S/C34H60O10/c1-17(2)19(15-35)8-7-18(3)25-27(39)28(40)30-33(25,5)12-10-24-32(4)11-9-20(13-21(32)22(36)14-34(24,30)41)44-31-29(42-6)26(38)23(37)16-43-31/h17-31,35-41H,7-16H2,1-6H3/t18-,19-,20+,21?,22-,23-,24?,25+,26+,27-,28+,29-,30?,31+,32+,33-,34+/m1/s1. The lowest BCUT2D eigenvalue weighted by Crippen LogP contribution is -2.69. The monoisotopic (exact) mass is 628 g/mol. The Bertz CT molecular complexity index is 982. The fourth-order valence-corrected chi connectivity index (χ4v) is 11.2. The first-order valence-corrected chi connectivity index (χ1v) is 17.2. The lowest BCUT2D eigenvalue weighted by Gasteiger charge is -2.66. The van der Waals surface area contributed by atoms with Crippen LogP contribution in [0.15, 0.2) is 0 Å². The van der Waals surface area contributed by atoms with Gasteiger partial charge in [0.25, 0.3) is 0 Å². The highest BCUT2D eigenvalue weighted by molar-refractivity contribution is 5.21. The van der Waals surface area contributed by atoms with Crippen LogP contribution in [0.3, 0.4) is 0 Å². The van der Waals surface area contributed by atoms with Crippen LogP contribution in [-0.4, -0.2) is 111 Å². The van der Waals surface area contributed by atoms with E-state index in [-0.39, 0.29) is 55.3 Å². The fourth-order valence-electron chi connectivity index (χ4n) is 11.2. The molecule has 0 radical (unpaired) electrons. The summed E-state index contributed by atoms with van der Waals surface area (Å²) in [5, 5.41) is 77.9. The number of ether oxygens (including phenoxy) is 3. The van der Waals surface area contributed by atoms with Crippen LogP contribution in [0.4, 0.5) is 0 Å². The van der Waals surface area contributed by atoms with E-state index in [0.717, 1.165) is 25.7 Å². The zero-order valence-corrected chi connectivity index (χ0v) is 27.6. The third kappa shape index (κ3) is 5.61. The maximum Gasteiger partial charge on any atom is 0.186 e. The molecule has 3 unspecified atom stereocenters. The van der Waals surface area contributed by atoms with Gasteiger partial charge in [-0.3, -0.25) is 0 Å². The summed E-state index contributed by atoms with van der Waals surface area (Å²) < 4.78 is 17.4. The van der Waals surface area contributed by atoms with E-state index < -0.39 is 65.3 Å². The molecule has 17 atom stereocenters. The van der Waals surface area contributed by atoms with Crippen LogP contribution >= 0.6 is 0 Å². The molecule has 5 fully saturated rings. The highest BCUT2D eigenvalue weighted by Gasteiger charge is 2.72. The van der Waals surface area contributed by atoms with Crippen LogP contribution < -0.4 is 0 Å². The van der Waals surface area contributed by atoms with Crippen molar-refractivity contribution >= 4 is 0 Å². The van der Waals surface area contributed by atoms with Crippen molar-refractivity contribution in [3.63, 3.8) is 0 Å². The molecule has 5 aliphatic rings. The Morgan fingerprint density at radius 1 is 0.886 bits per heavy atom. The maximum absolute atomic E-state index is 12.7. The van der Waals surface area contributed by atoms with Crippen LogP contribution in [0.25, 0.3) is 0 Å². The first-order chi connectivity index (χ1) is 20.6. The SMILES string of the molecule is CO[C@H]1[C@H](O[C@H]2CC[C@@]3(C)C(C2)[C@H](O)C[C@]2(O)C3CC[C@@]3(C)C2[C@@H](O)[C@H](O)[C@@H]3[C@H](C)CC[C@H](CO)C(C)C)OC[C@@H](O)[C@@H]1O. The maximum atomic E-state index is 12.7. The van der Waals surface area contributed by atoms with Gasteiger partial charge in [0, 0.05) is 26.1 Å².